The van der Waals surface area contributed by atoms with Crippen LogP contribution in [-0.4, -0.2) is 90.4 Å². The zero-order valence-corrected chi connectivity index (χ0v) is 29.5. The van der Waals surface area contributed by atoms with E-state index < -0.39 is 11.7 Å². The highest BCUT2D eigenvalue weighted by atomic mass is 16.7. The van der Waals surface area contributed by atoms with Gasteiger partial charge in [0.2, 0.25) is 0 Å². The first-order valence-electron chi connectivity index (χ1n) is 18.7. The highest BCUT2D eigenvalue weighted by molar-refractivity contribution is 5.33. The fourth-order valence-corrected chi connectivity index (χ4v) is 14.0. The molecule has 3 saturated heterocycles. The molecule has 3 aliphatic heterocycles. The van der Waals surface area contributed by atoms with Crippen molar-refractivity contribution in [2.24, 2.45) is 56.7 Å². The van der Waals surface area contributed by atoms with Gasteiger partial charge in [0, 0.05) is 17.9 Å². The Hall–Kier alpha value is -0.280. The van der Waals surface area contributed by atoms with E-state index in [0.717, 1.165) is 45.8 Å². The molecule has 0 radical (unpaired) electrons. The number of fused-ring (bicyclic) bond motifs is 4. The molecule has 3 heterocycles. The number of ether oxygens (including phenoxy) is 4. The minimum absolute atomic E-state index is 0.0152. The van der Waals surface area contributed by atoms with E-state index in [0.29, 0.717) is 40.5 Å². The van der Waals surface area contributed by atoms with Crippen molar-refractivity contribution >= 4 is 0 Å². The molecule has 45 heavy (non-hydrogen) atoms. The molecular weight excluding hydrogens is 566 g/mol. The highest BCUT2D eigenvalue weighted by Crippen LogP contribution is 2.89. The van der Waals surface area contributed by atoms with E-state index in [1.165, 1.54) is 38.5 Å². The molecule has 0 bridgehead atoms. The van der Waals surface area contributed by atoms with Crippen LogP contribution >= 0.6 is 0 Å². The molecule has 9 unspecified atom stereocenters. The van der Waals surface area contributed by atoms with Gasteiger partial charge in [-0.25, -0.2) is 0 Å². The van der Waals surface area contributed by atoms with E-state index >= 15 is 0 Å². The number of hydrogen-bond acceptors (Lipinski definition) is 7. The monoisotopic (exact) mass is 629 g/mol. The summed E-state index contributed by atoms with van der Waals surface area (Å²) in [5, 5.41) is 23.4. The molecule has 0 amide bonds. The van der Waals surface area contributed by atoms with Crippen LogP contribution < -0.4 is 0 Å². The maximum atomic E-state index is 12.5. The molecule has 7 nitrogen and oxygen atoms in total. The Kier molecular flexibility index (Phi) is 7.20. The Morgan fingerprint density at radius 3 is 2.38 bits per heavy atom. The maximum absolute atomic E-state index is 12.5. The van der Waals surface area contributed by atoms with Crippen molar-refractivity contribution in [3.8, 4) is 0 Å². The molecular formula is C38H63NO6. The summed E-state index contributed by atoms with van der Waals surface area (Å²) in [6.07, 6.45) is 9.09. The van der Waals surface area contributed by atoms with Crippen LogP contribution in [0, 0.1) is 56.7 Å². The lowest BCUT2D eigenvalue weighted by Crippen LogP contribution is -2.60. The first kappa shape index (κ1) is 32.0. The highest BCUT2D eigenvalue weighted by Gasteiger charge is 2.84. The van der Waals surface area contributed by atoms with E-state index in [-0.39, 0.29) is 46.8 Å². The van der Waals surface area contributed by atoms with Gasteiger partial charge in [-0.2, -0.15) is 0 Å². The first-order chi connectivity index (χ1) is 21.1. The smallest absolute Gasteiger partial charge is 0.170 e. The van der Waals surface area contributed by atoms with Gasteiger partial charge in [-0.15, -0.1) is 0 Å². The predicted molar refractivity (Wildman–Crippen MR) is 172 cm³/mol. The number of aliphatic hydroxyl groups excluding tert-OH is 1. The average Bonchev–Trinajstić information content (AvgIpc) is 3.57. The van der Waals surface area contributed by atoms with Gasteiger partial charge in [0.15, 0.2) is 6.29 Å². The van der Waals surface area contributed by atoms with Crippen LogP contribution in [0.5, 0.6) is 0 Å². The van der Waals surface area contributed by atoms with Crippen molar-refractivity contribution in [3.63, 3.8) is 0 Å². The minimum atomic E-state index is -0.798. The fraction of sp³-hybridized carbons (Fsp3) is 1.00. The number of hydrogen-bond donors (Lipinski definition) is 2. The summed E-state index contributed by atoms with van der Waals surface area (Å²) in [6, 6.07) is 0.529. The van der Waals surface area contributed by atoms with Crippen LogP contribution in [0.4, 0.5) is 0 Å². The summed E-state index contributed by atoms with van der Waals surface area (Å²) in [5.41, 5.74) is -0.0696. The number of nitrogens with zero attached hydrogens (tertiary/aromatic N) is 1. The molecule has 8 rings (SSSR count). The van der Waals surface area contributed by atoms with Crippen LogP contribution in [0.3, 0.4) is 0 Å². The third-order valence-corrected chi connectivity index (χ3v) is 17.0. The van der Waals surface area contributed by atoms with Gasteiger partial charge in [0.05, 0.1) is 62.4 Å². The Morgan fingerprint density at radius 2 is 1.69 bits per heavy atom. The Bertz CT molecular complexity index is 1170. The van der Waals surface area contributed by atoms with Crippen molar-refractivity contribution in [2.45, 2.75) is 149 Å². The summed E-state index contributed by atoms with van der Waals surface area (Å²) < 4.78 is 25.5. The lowest BCUT2D eigenvalue weighted by molar-refractivity contribution is -0.256. The van der Waals surface area contributed by atoms with E-state index in [4.69, 9.17) is 18.9 Å². The van der Waals surface area contributed by atoms with Crippen molar-refractivity contribution in [2.75, 3.05) is 32.9 Å². The second-order valence-corrected chi connectivity index (χ2v) is 19.1. The summed E-state index contributed by atoms with van der Waals surface area (Å²) in [7, 11) is 0. The normalized spacial score (nSPS) is 54.9. The van der Waals surface area contributed by atoms with Gasteiger partial charge >= 0.3 is 0 Å². The van der Waals surface area contributed by atoms with Crippen LogP contribution in [0.2, 0.25) is 0 Å². The van der Waals surface area contributed by atoms with Gasteiger partial charge in [-0.3, -0.25) is 4.90 Å². The second kappa shape index (κ2) is 10.1. The second-order valence-electron chi connectivity index (χ2n) is 19.1. The molecule has 256 valence electrons. The molecule has 14 atom stereocenters. The van der Waals surface area contributed by atoms with Gasteiger partial charge in [-0.05, 0) is 111 Å². The lowest BCUT2D eigenvalue weighted by Gasteiger charge is -2.64. The molecule has 8 aliphatic rings. The molecule has 8 fully saturated rings. The third kappa shape index (κ3) is 4.13. The van der Waals surface area contributed by atoms with Crippen molar-refractivity contribution in [1.29, 1.82) is 0 Å². The quantitative estimate of drug-likeness (QED) is 0.407. The Labute approximate surface area is 272 Å². The van der Waals surface area contributed by atoms with E-state index in [1.54, 1.807) is 0 Å². The standard InChI is InChI=1S/C38H63NO6/c1-22-17-25(23(2)34(5,6)41)44-31-30(22)35(7)13-14-38-21-37(38)12-11-28(45-29-18-39(15-16-43-29)24-19-42-20-24)33(3,4)26(37)9-10-27(38)36(35,8)32(31)40/h22-32,40-41H,9-21H2,1-8H3/t22-,23?,25?,26+,27?,28?,29?,30+,31?,32+,35?,36-,37?,38?/m1/s1. The molecule has 2 spiro atoms. The Morgan fingerprint density at radius 1 is 0.978 bits per heavy atom. The van der Waals surface area contributed by atoms with Crippen LogP contribution in [0.15, 0.2) is 0 Å². The molecule has 0 aromatic heterocycles. The molecule has 0 aromatic carbocycles. The first-order valence-corrected chi connectivity index (χ1v) is 18.7. The summed E-state index contributed by atoms with van der Waals surface area (Å²) >= 11 is 0. The molecule has 5 aliphatic carbocycles. The third-order valence-electron chi connectivity index (χ3n) is 17.0. The van der Waals surface area contributed by atoms with Crippen LogP contribution in [-0.2, 0) is 18.9 Å². The van der Waals surface area contributed by atoms with E-state index in [2.05, 4.69) is 46.4 Å². The van der Waals surface area contributed by atoms with Gasteiger partial charge < -0.3 is 29.2 Å². The topological polar surface area (TPSA) is 80.6 Å². The SMILES string of the molecule is CC(C1C[C@@H](C)[C@H]2C(O1)[C@H](O)[C@@]1(C)C3CC[C@H]4C(C)(C)C(OC5CN(C6COC6)CCO5)CCC45CC35CCC21C)C(C)(C)O. The molecule has 0 aromatic rings. The largest absolute Gasteiger partial charge is 0.390 e. The molecule has 5 saturated carbocycles. The average molecular weight is 630 g/mol. The van der Waals surface area contributed by atoms with Gasteiger partial charge in [-0.1, -0.05) is 41.5 Å². The molecule has 2 N–H and O–H groups in total. The van der Waals surface area contributed by atoms with Gasteiger partial charge in [0.25, 0.3) is 0 Å². The van der Waals surface area contributed by atoms with Crippen molar-refractivity contribution in [3.05, 3.63) is 0 Å². The summed E-state index contributed by atoms with van der Waals surface area (Å²) in [6.45, 7) is 22.6. The number of aliphatic hydroxyl groups is 2. The predicted octanol–water partition coefficient (Wildman–Crippen LogP) is 5.65. The lowest BCUT2D eigenvalue weighted by atomic mass is 9.41. The van der Waals surface area contributed by atoms with Crippen LogP contribution in [0.1, 0.15) is 107 Å². The Balaban J connectivity index is 1.03. The van der Waals surface area contributed by atoms with Gasteiger partial charge in [0.1, 0.15) is 0 Å². The summed E-state index contributed by atoms with van der Waals surface area (Å²) in [5.74, 6) is 2.06. The van der Waals surface area contributed by atoms with E-state index in [9.17, 15) is 10.2 Å². The summed E-state index contributed by atoms with van der Waals surface area (Å²) in [4.78, 5) is 2.51. The zero-order chi connectivity index (χ0) is 31.9. The minimum Gasteiger partial charge on any atom is -0.390 e. The van der Waals surface area contributed by atoms with Crippen molar-refractivity contribution < 1.29 is 29.2 Å². The number of morpholine rings is 1. The number of rotatable bonds is 5. The fourth-order valence-electron chi connectivity index (χ4n) is 14.0. The molecule has 7 heteroatoms. The maximum Gasteiger partial charge on any atom is 0.170 e. The van der Waals surface area contributed by atoms with Crippen molar-refractivity contribution in [1.82, 2.24) is 4.90 Å². The zero-order valence-electron chi connectivity index (χ0n) is 29.5. The van der Waals surface area contributed by atoms with E-state index in [1.807, 2.05) is 13.8 Å². The van der Waals surface area contributed by atoms with Crippen LogP contribution in [0.25, 0.3) is 0 Å².